The van der Waals surface area contributed by atoms with E-state index in [9.17, 15) is 14.4 Å². The molecule has 0 radical (unpaired) electrons. The number of amidine groups is 1. The standard InChI is InChI=1S/C27H33N5O5.ClH/c1-17-22(16-37-21-10-8-19(9-11-21)18-4-6-20(7-5-18)23(28)29)32(24(33)27(17,2)25(34)36-3)26(35)31-14-12-30-13-15-31;/h4-11,17,22,30H,12-16H2,1-3H3,(H3,28,29);1H/t17?,22-,27+;/m1./s1. The summed E-state index contributed by atoms with van der Waals surface area (Å²) in [6.07, 6.45) is 0. The summed E-state index contributed by atoms with van der Waals surface area (Å²) in [5.74, 6) is -1.15. The third-order valence-electron chi connectivity index (χ3n) is 7.49. The maximum atomic E-state index is 13.5. The molecule has 2 aliphatic heterocycles. The van der Waals surface area contributed by atoms with Gasteiger partial charge in [-0.05, 0) is 30.2 Å². The van der Waals surface area contributed by atoms with E-state index in [2.05, 4.69) is 5.32 Å². The van der Waals surface area contributed by atoms with Crippen molar-refractivity contribution in [2.75, 3.05) is 39.9 Å². The van der Waals surface area contributed by atoms with Crippen LogP contribution < -0.4 is 15.8 Å². The highest BCUT2D eigenvalue weighted by atomic mass is 35.5. The molecule has 0 spiro atoms. The maximum absolute atomic E-state index is 13.5. The molecule has 3 atom stereocenters. The fourth-order valence-electron chi connectivity index (χ4n) is 4.91. The van der Waals surface area contributed by atoms with Crippen molar-refractivity contribution in [2.45, 2.75) is 19.9 Å². The van der Waals surface area contributed by atoms with Gasteiger partial charge in [-0.1, -0.05) is 43.3 Å². The predicted molar refractivity (Wildman–Crippen MR) is 145 cm³/mol. The molecule has 1 unspecified atom stereocenters. The van der Waals surface area contributed by atoms with Gasteiger partial charge in [0.05, 0.1) is 13.2 Å². The molecular formula is C27H34ClN5O5. The second-order valence-corrected chi connectivity index (χ2v) is 9.57. The number of nitrogens with one attached hydrogen (secondary N) is 2. The first kappa shape index (κ1) is 28.9. The minimum absolute atomic E-state index is 0. The first-order valence-corrected chi connectivity index (χ1v) is 12.3. The zero-order valence-electron chi connectivity index (χ0n) is 21.7. The Hall–Kier alpha value is -3.63. The monoisotopic (exact) mass is 543 g/mol. The van der Waals surface area contributed by atoms with E-state index in [0.717, 1.165) is 11.1 Å². The minimum Gasteiger partial charge on any atom is -0.491 e. The number of imide groups is 1. The molecule has 2 aromatic rings. The van der Waals surface area contributed by atoms with Crippen molar-refractivity contribution in [3.05, 3.63) is 54.1 Å². The van der Waals surface area contributed by atoms with E-state index in [4.69, 9.17) is 20.6 Å². The number of rotatable bonds is 6. The van der Waals surface area contributed by atoms with Crippen molar-refractivity contribution in [1.29, 1.82) is 5.41 Å². The topological polar surface area (TPSA) is 138 Å². The number of carbonyl (C=O) groups excluding carboxylic acids is 3. The van der Waals surface area contributed by atoms with Gasteiger partial charge in [0.15, 0.2) is 0 Å². The third kappa shape index (κ3) is 5.32. The molecule has 2 aromatic carbocycles. The number of likely N-dealkylation sites (tertiary alicyclic amines) is 1. The van der Waals surface area contributed by atoms with Crippen LogP contribution in [0.4, 0.5) is 4.79 Å². The van der Waals surface area contributed by atoms with Gasteiger partial charge in [-0.2, -0.15) is 0 Å². The van der Waals surface area contributed by atoms with E-state index in [1.54, 1.807) is 24.0 Å². The fraction of sp³-hybridized carbons (Fsp3) is 0.407. The number of ether oxygens (including phenoxy) is 2. The Balaban J connectivity index is 0.00000400. The molecule has 11 heteroatoms. The second kappa shape index (κ2) is 11.8. The summed E-state index contributed by atoms with van der Waals surface area (Å²) in [6, 6.07) is 13.8. The van der Waals surface area contributed by atoms with Crippen molar-refractivity contribution < 1.29 is 23.9 Å². The normalized spacial score (nSPS) is 23.0. The van der Waals surface area contributed by atoms with E-state index < -0.39 is 35.3 Å². The van der Waals surface area contributed by atoms with Crippen LogP contribution in [-0.2, 0) is 14.3 Å². The van der Waals surface area contributed by atoms with Crippen LogP contribution in [0, 0.1) is 16.7 Å². The molecule has 0 saturated carbocycles. The number of nitrogen functional groups attached to an aromatic ring is 1. The number of halogens is 1. The molecule has 2 saturated heterocycles. The lowest BCUT2D eigenvalue weighted by molar-refractivity contribution is -0.159. The van der Waals surface area contributed by atoms with Crippen LogP contribution in [0.25, 0.3) is 11.1 Å². The van der Waals surface area contributed by atoms with Crippen LogP contribution in [0.2, 0.25) is 0 Å². The van der Waals surface area contributed by atoms with Crippen molar-refractivity contribution in [1.82, 2.24) is 15.1 Å². The molecular weight excluding hydrogens is 510 g/mol. The zero-order valence-corrected chi connectivity index (χ0v) is 22.5. The molecule has 2 aliphatic rings. The number of piperazine rings is 1. The molecule has 2 heterocycles. The third-order valence-corrected chi connectivity index (χ3v) is 7.49. The quantitative estimate of drug-likeness (QED) is 0.220. The summed E-state index contributed by atoms with van der Waals surface area (Å²) in [6.45, 7) is 5.61. The van der Waals surface area contributed by atoms with E-state index in [0.29, 0.717) is 37.5 Å². The van der Waals surface area contributed by atoms with Gasteiger partial charge in [-0.25, -0.2) is 4.79 Å². The lowest BCUT2D eigenvalue weighted by Gasteiger charge is -2.33. The Bertz CT molecular complexity index is 1180. The zero-order chi connectivity index (χ0) is 26.7. The molecule has 2 fully saturated rings. The summed E-state index contributed by atoms with van der Waals surface area (Å²) in [4.78, 5) is 42.4. The first-order valence-electron chi connectivity index (χ1n) is 12.3. The van der Waals surface area contributed by atoms with Gasteiger partial charge in [0.1, 0.15) is 23.6 Å². The number of urea groups is 1. The number of methoxy groups -OCH3 is 1. The highest BCUT2D eigenvalue weighted by Gasteiger charge is 2.62. The van der Waals surface area contributed by atoms with Crippen LogP contribution in [0.15, 0.2) is 48.5 Å². The Labute approximate surface area is 228 Å². The average molecular weight is 544 g/mol. The fourth-order valence-corrected chi connectivity index (χ4v) is 4.91. The van der Waals surface area contributed by atoms with Crippen molar-refractivity contribution in [3.63, 3.8) is 0 Å². The van der Waals surface area contributed by atoms with Gasteiger partial charge < -0.3 is 25.4 Å². The summed E-state index contributed by atoms with van der Waals surface area (Å²) < 4.78 is 11.0. The predicted octanol–water partition coefficient (Wildman–Crippen LogP) is 2.49. The Morgan fingerprint density at radius 1 is 1.08 bits per heavy atom. The van der Waals surface area contributed by atoms with E-state index in [1.807, 2.05) is 36.4 Å². The molecule has 4 N–H and O–H groups in total. The number of esters is 1. The van der Waals surface area contributed by atoms with Crippen molar-refractivity contribution >= 4 is 36.2 Å². The molecule has 204 valence electrons. The maximum Gasteiger partial charge on any atom is 0.327 e. The van der Waals surface area contributed by atoms with Crippen LogP contribution in [0.5, 0.6) is 5.75 Å². The second-order valence-electron chi connectivity index (χ2n) is 9.57. The van der Waals surface area contributed by atoms with Gasteiger partial charge in [0.25, 0.3) is 0 Å². The van der Waals surface area contributed by atoms with Crippen molar-refractivity contribution in [3.8, 4) is 16.9 Å². The molecule has 10 nitrogen and oxygen atoms in total. The van der Waals surface area contributed by atoms with Crippen molar-refractivity contribution in [2.24, 2.45) is 17.1 Å². The number of benzene rings is 2. The highest BCUT2D eigenvalue weighted by Crippen LogP contribution is 2.43. The summed E-state index contributed by atoms with van der Waals surface area (Å²) >= 11 is 0. The van der Waals surface area contributed by atoms with E-state index in [-0.39, 0.29) is 24.8 Å². The number of nitrogens with zero attached hydrogens (tertiary/aromatic N) is 2. The average Bonchev–Trinajstić information content (AvgIpc) is 3.12. The highest BCUT2D eigenvalue weighted by molar-refractivity contribution is 6.10. The number of amides is 3. The molecule has 3 amide bonds. The Morgan fingerprint density at radius 3 is 2.16 bits per heavy atom. The Morgan fingerprint density at radius 2 is 1.63 bits per heavy atom. The lowest BCUT2D eigenvalue weighted by Crippen LogP contribution is -2.55. The lowest BCUT2D eigenvalue weighted by atomic mass is 9.78. The molecule has 0 aromatic heterocycles. The number of hydrogen-bond donors (Lipinski definition) is 3. The largest absolute Gasteiger partial charge is 0.491 e. The summed E-state index contributed by atoms with van der Waals surface area (Å²) in [5.41, 5.74) is 6.62. The minimum atomic E-state index is -1.48. The van der Waals surface area contributed by atoms with Crippen LogP contribution >= 0.6 is 12.4 Å². The summed E-state index contributed by atoms with van der Waals surface area (Å²) in [7, 11) is 1.25. The van der Waals surface area contributed by atoms with Gasteiger partial charge in [-0.3, -0.25) is 19.9 Å². The van der Waals surface area contributed by atoms with Crippen LogP contribution in [0.1, 0.15) is 19.4 Å². The molecule has 0 aliphatic carbocycles. The first-order chi connectivity index (χ1) is 17.7. The molecule has 4 rings (SSSR count). The Kier molecular flexibility index (Phi) is 9.01. The van der Waals surface area contributed by atoms with E-state index >= 15 is 0 Å². The van der Waals surface area contributed by atoms with Crippen LogP contribution in [0.3, 0.4) is 0 Å². The number of carbonyl (C=O) groups is 3. The molecule has 38 heavy (non-hydrogen) atoms. The number of hydrogen-bond acceptors (Lipinski definition) is 7. The van der Waals surface area contributed by atoms with Gasteiger partial charge in [0, 0.05) is 37.7 Å². The summed E-state index contributed by atoms with van der Waals surface area (Å²) in [5, 5.41) is 10.7. The SMILES string of the molecule is COC(=O)[C@]1(C)C(=O)N(C(=O)N2CCNCC2)[C@H](COc2ccc(-c3ccc(C(=N)N)cc3)cc2)C1C.Cl. The van der Waals surface area contributed by atoms with Gasteiger partial charge in [-0.15, -0.1) is 12.4 Å². The smallest absolute Gasteiger partial charge is 0.327 e. The van der Waals surface area contributed by atoms with Gasteiger partial charge >= 0.3 is 12.0 Å². The van der Waals surface area contributed by atoms with Gasteiger partial charge in [0.2, 0.25) is 5.91 Å². The molecule has 0 bridgehead atoms. The van der Waals surface area contributed by atoms with E-state index in [1.165, 1.54) is 18.9 Å². The number of nitrogens with two attached hydrogens (primary N) is 1. The van der Waals surface area contributed by atoms with Crippen LogP contribution in [-0.4, -0.2) is 79.5 Å².